The van der Waals surface area contributed by atoms with Crippen LogP contribution >= 0.6 is 0 Å². The highest BCUT2D eigenvalue weighted by Crippen LogP contribution is 2.04. The smallest absolute Gasteiger partial charge is 0.326 e. The highest BCUT2D eigenvalue weighted by Gasteiger charge is 2.25. The molecule has 1 rings (SSSR count). The Kier molecular flexibility index (Phi) is 3.88. The van der Waals surface area contributed by atoms with Crippen molar-refractivity contribution in [2.24, 2.45) is 5.92 Å². The summed E-state index contributed by atoms with van der Waals surface area (Å²) in [6.45, 7) is 3.45. The number of cyclic esters (lactones) is 1. The number of carbonyl (C=O) groups excluding carboxylic acids is 2. The largest absolute Gasteiger partial charge is 0.454 e. The summed E-state index contributed by atoms with van der Waals surface area (Å²) in [7, 11) is 1.86. The van der Waals surface area contributed by atoms with Gasteiger partial charge in [0.1, 0.15) is 6.54 Å². The molecule has 1 saturated heterocycles. The van der Waals surface area contributed by atoms with Crippen molar-refractivity contribution in [1.82, 2.24) is 10.2 Å². The number of nitrogens with zero attached hydrogens (tertiary/aromatic N) is 1. The summed E-state index contributed by atoms with van der Waals surface area (Å²) in [5.74, 6) is -0.0799. The van der Waals surface area contributed by atoms with Crippen LogP contribution < -0.4 is 5.32 Å². The molecular formula is C9H16N2O3. The van der Waals surface area contributed by atoms with Crippen LogP contribution in [0, 0.1) is 5.92 Å². The van der Waals surface area contributed by atoms with Gasteiger partial charge in [-0.2, -0.15) is 0 Å². The monoisotopic (exact) mass is 200 g/mol. The quantitative estimate of drug-likeness (QED) is 0.605. The highest BCUT2D eigenvalue weighted by atomic mass is 16.5. The molecule has 0 aromatic heterocycles. The van der Waals surface area contributed by atoms with Gasteiger partial charge in [-0.25, -0.2) is 0 Å². The predicted molar refractivity (Wildman–Crippen MR) is 50.6 cm³/mol. The molecule has 0 spiro atoms. The Hall–Kier alpha value is -1.10. The Morgan fingerprint density at radius 3 is 2.93 bits per heavy atom. The third-order valence-corrected chi connectivity index (χ3v) is 2.11. The molecule has 1 heterocycles. The Morgan fingerprint density at radius 1 is 1.57 bits per heavy atom. The number of nitrogens with one attached hydrogen (secondary N) is 1. The van der Waals surface area contributed by atoms with E-state index < -0.39 is 0 Å². The van der Waals surface area contributed by atoms with Crippen LogP contribution in [0.15, 0.2) is 0 Å². The Bertz CT molecular complexity index is 230. The molecule has 1 amide bonds. The van der Waals surface area contributed by atoms with Crippen LogP contribution in [-0.4, -0.2) is 50.1 Å². The Morgan fingerprint density at radius 2 is 2.29 bits per heavy atom. The summed E-state index contributed by atoms with van der Waals surface area (Å²) in [4.78, 5) is 23.8. The van der Waals surface area contributed by atoms with E-state index >= 15 is 0 Å². The van der Waals surface area contributed by atoms with Crippen molar-refractivity contribution in [1.29, 1.82) is 0 Å². The van der Waals surface area contributed by atoms with Crippen LogP contribution in [0.5, 0.6) is 0 Å². The Balaban J connectivity index is 2.41. The van der Waals surface area contributed by atoms with Gasteiger partial charge in [-0.15, -0.1) is 0 Å². The standard InChI is InChI=1S/C9H16N2O3/c1-7(3-10-2)4-11-5-9(13)14-6-8(11)12/h7,10H,3-6H2,1-2H3. The van der Waals surface area contributed by atoms with Crippen molar-refractivity contribution < 1.29 is 14.3 Å². The molecule has 1 N–H and O–H groups in total. The summed E-state index contributed by atoms with van der Waals surface area (Å²) in [6, 6.07) is 0. The maximum absolute atomic E-state index is 11.3. The molecule has 1 aliphatic heterocycles. The molecule has 0 aromatic rings. The molecule has 0 aromatic carbocycles. The van der Waals surface area contributed by atoms with Crippen molar-refractivity contribution in [3.63, 3.8) is 0 Å². The highest BCUT2D eigenvalue weighted by molar-refractivity contribution is 5.88. The van der Waals surface area contributed by atoms with Gasteiger partial charge < -0.3 is 15.0 Å². The molecule has 5 nitrogen and oxygen atoms in total. The van der Waals surface area contributed by atoms with Crippen molar-refractivity contribution in [2.45, 2.75) is 6.92 Å². The van der Waals surface area contributed by atoms with E-state index in [1.54, 1.807) is 4.90 Å². The molecule has 0 saturated carbocycles. The summed E-state index contributed by atoms with van der Waals surface area (Å²) >= 11 is 0. The van der Waals surface area contributed by atoms with E-state index in [1.165, 1.54) is 0 Å². The average molecular weight is 200 g/mol. The second-order valence-electron chi connectivity index (χ2n) is 3.60. The SMILES string of the molecule is CNCC(C)CN1CC(=O)OCC1=O. The first-order chi connectivity index (χ1) is 6.63. The molecule has 5 heteroatoms. The topological polar surface area (TPSA) is 58.6 Å². The van der Waals surface area contributed by atoms with Crippen LogP contribution in [0.1, 0.15) is 6.92 Å². The molecule has 0 aliphatic carbocycles. The number of hydrogen-bond acceptors (Lipinski definition) is 4. The third-order valence-electron chi connectivity index (χ3n) is 2.11. The number of amides is 1. The van der Waals surface area contributed by atoms with Gasteiger partial charge in [-0.05, 0) is 19.5 Å². The molecule has 1 aliphatic rings. The number of carbonyl (C=O) groups is 2. The van der Waals surface area contributed by atoms with Gasteiger partial charge in [0.15, 0.2) is 6.61 Å². The molecule has 1 atom stereocenters. The Labute approximate surface area is 83.4 Å². The number of esters is 1. The maximum atomic E-state index is 11.3. The summed E-state index contributed by atoms with van der Waals surface area (Å²) in [5, 5.41) is 3.03. The lowest BCUT2D eigenvalue weighted by Crippen LogP contribution is -2.47. The maximum Gasteiger partial charge on any atom is 0.326 e. The number of hydrogen-bond donors (Lipinski definition) is 1. The molecule has 1 fully saturated rings. The lowest BCUT2D eigenvalue weighted by molar-refractivity contribution is -0.162. The van der Waals surface area contributed by atoms with Gasteiger partial charge in [0.05, 0.1) is 0 Å². The molecule has 0 bridgehead atoms. The molecule has 0 radical (unpaired) electrons. The minimum absolute atomic E-state index is 0.0902. The molecule has 80 valence electrons. The van der Waals surface area contributed by atoms with Gasteiger partial charge in [0.25, 0.3) is 5.91 Å². The second-order valence-corrected chi connectivity index (χ2v) is 3.60. The lowest BCUT2D eigenvalue weighted by Gasteiger charge is -2.28. The van der Waals surface area contributed by atoms with Crippen molar-refractivity contribution >= 4 is 11.9 Å². The molecular weight excluding hydrogens is 184 g/mol. The summed E-state index contributed by atoms with van der Waals surface area (Å²) < 4.78 is 4.62. The summed E-state index contributed by atoms with van der Waals surface area (Å²) in [6.07, 6.45) is 0. The second kappa shape index (κ2) is 4.95. The van der Waals surface area contributed by atoms with E-state index in [4.69, 9.17) is 0 Å². The number of morpholine rings is 1. The van der Waals surface area contributed by atoms with E-state index in [2.05, 4.69) is 10.1 Å². The first kappa shape index (κ1) is 11.0. The van der Waals surface area contributed by atoms with Crippen molar-refractivity contribution in [2.75, 3.05) is 33.3 Å². The van der Waals surface area contributed by atoms with Gasteiger partial charge in [0, 0.05) is 6.54 Å². The van der Waals surface area contributed by atoms with Gasteiger partial charge >= 0.3 is 5.97 Å². The first-order valence-electron chi connectivity index (χ1n) is 4.71. The van der Waals surface area contributed by atoms with E-state index in [-0.39, 0.29) is 25.0 Å². The van der Waals surface area contributed by atoms with Crippen LogP contribution in [0.3, 0.4) is 0 Å². The lowest BCUT2D eigenvalue weighted by atomic mass is 10.1. The van der Waals surface area contributed by atoms with E-state index in [9.17, 15) is 9.59 Å². The van der Waals surface area contributed by atoms with Crippen molar-refractivity contribution in [3.8, 4) is 0 Å². The van der Waals surface area contributed by atoms with Crippen molar-refractivity contribution in [3.05, 3.63) is 0 Å². The minimum Gasteiger partial charge on any atom is -0.454 e. The average Bonchev–Trinajstić information content (AvgIpc) is 2.12. The molecule has 14 heavy (non-hydrogen) atoms. The van der Waals surface area contributed by atoms with Crippen LogP contribution in [-0.2, 0) is 14.3 Å². The van der Waals surface area contributed by atoms with Crippen LogP contribution in [0.25, 0.3) is 0 Å². The van der Waals surface area contributed by atoms with E-state index in [0.717, 1.165) is 6.54 Å². The minimum atomic E-state index is -0.318. The van der Waals surface area contributed by atoms with E-state index in [1.807, 2.05) is 14.0 Å². The normalized spacial score (nSPS) is 19.4. The van der Waals surface area contributed by atoms with Gasteiger partial charge in [-0.1, -0.05) is 6.92 Å². The van der Waals surface area contributed by atoms with Crippen LogP contribution in [0.2, 0.25) is 0 Å². The predicted octanol–water partition coefficient (Wildman–Crippen LogP) is -0.773. The zero-order valence-electron chi connectivity index (χ0n) is 8.58. The zero-order valence-corrected chi connectivity index (χ0v) is 8.58. The number of ether oxygens (including phenoxy) is 1. The van der Waals surface area contributed by atoms with E-state index in [0.29, 0.717) is 12.5 Å². The fourth-order valence-corrected chi connectivity index (χ4v) is 1.48. The van der Waals surface area contributed by atoms with Gasteiger partial charge in [0.2, 0.25) is 0 Å². The molecule has 1 unspecified atom stereocenters. The fraction of sp³-hybridized carbons (Fsp3) is 0.778. The fourth-order valence-electron chi connectivity index (χ4n) is 1.48. The van der Waals surface area contributed by atoms with Gasteiger partial charge in [-0.3, -0.25) is 9.59 Å². The number of rotatable bonds is 4. The zero-order chi connectivity index (χ0) is 10.6. The van der Waals surface area contributed by atoms with Crippen LogP contribution in [0.4, 0.5) is 0 Å². The first-order valence-corrected chi connectivity index (χ1v) is 4.71. The third kappa shape index (κ3) is 2.99. The summed E-state index contributed by atoms with van der Waals surface area (Å²) in [5.41, 5.74) is 0.